The zero-order chi connectivity index (χ0) is 24.8. The highest BCUT2D eigenvalue weighted by atomic mass is 19.1. The summed E-state index contributed by atoms with van der Waals surface area (Å²) >= 11 is 0. The Morgan fingerprint density at radius 2 is 1.73 bits per heavy atom. The second kappa shape index (κ2) is 8.90. The van der Waals surface area contributed by atoms with Crippen molar-refractivity contribution in [3.05, 3.63) is 84.7 Å². The van der Waals surface area contributed by atoms with E-state index in [0.29, 0.717) is 16.9 Å². The van der Waals surface area contributed by atoms with Crippen LogP contribution >= 0.6 is 0 Å². The van der Waals surface area contributed by atoms with Gasteiger partial charge in [-0.3, -0.25) is 15.0 Å². The van der Waals surface area contributed by atoms with Crippen molar-refractivity contribution in [2.75, 3.05) is 13.1 Å². The minimum Gasteiger partial charge on any atom is -0.338 e. The maximum atomic E-state index is 14.6. The molecule has 7 rings (SSSR count). The van der Waals surface area contributed by atoms with E-state index in [1.807, 2.05) is 36.8 Å². The van der Waals surface area contributed by atoms with Crippen molar-refractivity contribution in [3.8, 4) is 33.6 Å². The van der Waals surface area contributed by atoms with Gasteiger partial charge in [-0.1, -0.05) is 18.2 Å². The van der Waals surface area contributed by atoms with Crippen molar-refractivity contribution in [3.63, 3.8) is 0 Å². The Morgan fingerprint density at radius 1 is 0.865 bits per heavy atom. The molecular weight excluding hydrogens is 465 g/mol. The van der Waals surface area contributed by atoms with E-state index in [4.69, 9.17) is 0 Å². The Morgan fingerprint density at radius 3 is 2.62 bits per heavy atom. The fourth-order valence-electron chi connectivity index (χ4n) is 5.27. The molecule has 1 fully saturated rings. The van der Waals surface area contributed by atoms with Crippen LogP contribution in [0.1, 0.15) is 18.4 Å². The van der Waals surface area contributed by atoms with Crippen LogP contribution in [0.5, 0.6) is 0 Å². The third-order valence-corrected chi connectivity index (χ3v) is 7.11. The number of rotatable bonds is 5. The van der Waals surface area contributed by atoms with Crippen molar-refractivity contribution in [1.29, 1.82) is 0 Å². The van der Waals surface area contributed by atoms with Crippen LogP contribution in [-0.4, -0.2) is 48.1 Å². The number of hydrogen-bond acceptors (Lipinski definition) is 5. The number of likely N-dealkylation sites (tertiary alicyclic amines) is 1. The molecule has 6 heterocycles. The molecule has 1 aliphatic heterocycles. The van der Waals surface area contributed by atoms with E-state index in [-0.39, 0.29) is 5.82 Å². The highest BCUT2D eigenvalue weighted by Gasteiger charge is 2.17. The van der Waals surface area contributed by atoms with Gasteiger partial charge in [-0.15, -0.1) is 0 Å². The van der Waals surface area contributed by atoms with Gasteiger partial charge in [0.1, 0.15) is 11.5 Å². The molecule has 0 unspecified atom stereocenters. The molecule has 6 aromatic rings. The van der Waals surface area contributed by atoms with Crippen LogP contribution in [-0.2, 0) is 6.54 Å². The van der Waals surface area contributed by atoms with E-state index < -0.39 is 0 Å². The van der Waals surface area contributed by atoms with Gasteiger partial charge in [0.25, 0.3) is 0 Å². The van der Waals surface area contributed by atoms with Crippen LogP contribution in [0, 0.1) is 5.82 Å². The summed E-state index contributed by atoms with van der Waals surface area (Å²) in [5.74, 6) is -0.265. The topological polar surface area (TPSA) is 86.4 Å². The first-order valence-electron chi connectivity index (χ1n) is 12.5. The van der Waals surface area contributed by atoms with Gasteiger partial charge in [-0.05, 0) is 67.4 Å². The fraction of sp³-hybridized carbons (Fsp3) is 0.172. The van der Waals surface area contributed by atoms with Crippen LogP contribution in [0.2, 0.25) is 0 Å². The van der Waals surface area contributed by atoms with Gasteiger partial charge < -0.3 is 4.98 Å². The molecule has 2 N–H and O–H groups in total. The maximum absolute atomic E-state index is 14.6. The molecule has 0 radical (unpaired) electrons. The van der Waals surface area contributed by atoms with Gasteiger partial charge >= 0.3 is 0 Å². The van der Waals surface area contributed by atoms with Crippen LogP contribution in [0.15, 0.2) is 73.3 Å². The Hall–Kier alpha value is -4.43. The van der Waals surface area contributed by atoms with Crippen LogP contribution < -0.4 is 0 Å². The molecule has 37 heavy (non-hydrogen) atoms. The molecule has 1 saturated heterocycles. The van der Waals surface area contributed by atoms with E-state index in [2.05, 4.69) is 47.2 Å². The Kier molecular flexibility index (Phi) is 5.25. The third kappa shape index (κ3) is 3.95. The second-order valence-corrected chi connectivity index (χ2v) is 9.54. The Bertz CT molecular complexity index is 1750. The second-order valence-electron chi connectivity index (χ2n) is 9.54. The zero-order valence-corrected chi connectivity index (χ0v) is 20.1. The van der Waals surface area contributed by atoms with E-state index >= 15 is 0 Å². The first-order chi connectivity index (χ1) is 18.2. The van der Waals surface area contributed by atoms with E-state index in [9.17, 15) is 4.39 Å². The van der Waals surface area contributed by atoms with Crippen molar-refractivity contribution in [2.45, 2.75) is 19.4 Å². The van der Waals surface area contributed by atoms with Crippen molar-refractivity contribution < 1.29 is 4.39 Å². The number of nitrogens with one attached hydrogen (secondary N) is 2. The highest BCUT2D eigenvalue weighted by Crippen LogP contribution is 2.34. The molecule has 182 valence electrons. The normalized spacial score (nSPS) is 14.2. The molecular formula is C29H24FN7. The number of halogens is 1. The standard InChI is InChI=1S/C29H24FN7/c30-25-6-2-1-5-22(25)21-7-8-32-28-23(21)13-26(34-28)27-24-12-20(16-33-29(24)36-35-27)19-11-18(14-31-15-19)17-37-9-3-4-10-37/h1-2,5-8,11-16H,3-4,9-10,17H2,(H,32,34)(H,33,35,36). The van der Waals surface area contributed by atoms with Gasteiger partial charge in [-0.2, -0.15) is 5.10 Å². The smallest absolute Gasteiger partial charge is 0.181 e. The fourth-order valence-corrected chi connectivity index (χ4v) is 5.27. The number of H-pyrrole nitrogens is 2. The highest BCUT2D eigenvalue weighted by molar-refractivity contribution is 5.99. The number of nitrogens with zero attached hydrogens (tertiary/aromatic N) is 5. The summed E-state index contributed by atoms with van der Waals surface area (Å²) in [7, 11) is 0. The minimum absolute atomic E-state index is 0.265. The number of aromatic amines is 2. The van der Waals surface area contributed by atoms with Gasteiger partial charge in [0.15, 0.2) is 5.65 Å². The minimum atomic E-state index is -0.265. The predicted molar refractivity (Wildman–Crippen MR) is 142 cm³/mol. The maximum Gasteiger partial charge on any atom is 0.181 e. The summed E-state index contributed by atoms with van der Waals surface area (Å²) in [6, 6.07) is 14.9. The summed E-state index contributed by atoms with van der Waals surface area (Å²) in [6.07, 6.45) is 9.89. The van der Waals surface area contributed by atoms with Gasteiger partial charge in [0.2, 0.25) is 0 Å². The lowest BCUT2D eigenvalue weighted by atomic mass is 10.0. The van der Waals surface area contributed by atoms with Crippen molar-refractivity contribution >= 4 is 22.1 Å². The van der Waals surface area contributed by atoms with Crippen LogP contribution in [0.4, 0.5) is 4.39 Å². The number of pyridine rings is 3. The molecule has 0 saturated carbocycles. The molecule has 1 aliphatic rings. The van der Waals surface area contributed by atoms with Gasteiger partial charge in [0, 0.05) is 58.8 Å². The quantitative estimate of drug-likeness (QED) is 0.312. The average Bonchev–Trinajstić information content (AvgIpc) is 3.68. The zero-order valence-electron chi connectivity index (χ0n) is 20.1. The first kappa shape index (κ1) is 21.8. The third-order valence-electron chi connectivity index (χ3n) is 7.11. The summed E-state index contributed by atoms with van der Waals surface area (Å²) < 4.78 is 14.6. The van der Waals surface area contributed by atoms with Gasteiger partial charge in [-0.25, -0.2) is 14.4 Å². The molecule has 0 spiro atoms. The summed E-state index contributed by atoms with van der Waals surface area (Å²) in [5, 5.41) is 9.29. The molecule has 5 aromatic heterocycles. The van der Waals surface area contributed by atoms with E-state index in [1.54, 1.807) is 18.3 Å². The van der Waals surface area contributed by atoms with E-state index in [0.717, 1.165) is 58.5 Å². The Balaban J connectivity index is 1.29. The molecule has 7 nitrogen and oxygen atoms in total. The largest absolute Gasteiger partial charge is 0.338 e. The van der Waals surface area contributed by atoms with Crippen LogP contribution in [0.3, 0.4) is 0 Å². The lowest BCUT2D eigenvalue weighted by Crippen LogP contribution is -2.18. The van der Waals surface area contributed by atoms with Crippen molar-refractivity contribution in [1.82, 2.24) is 35.0 Å². The molecule has 0 atom stereocenters. The molecule has 0 amide bonds. The number of hydrogen-bond donors (Lipinski definition) is 2. The van der Waals surface area contributed by atoms with Gasteiger partial charge in [0.05, 0.1) is 11.4 Å². The molecule has 0 bridgehead atoms. The van der Waals surface area contributed by atoms with Crippen molar-refractivity contribution in [2.24, 2.45) is 0 Å². The summed E-state index contributed by atoms with van der Waals surface area (Å²) in [5.41, 5.74) is 7.47. The average molecular weight is 490 g/mol. The van der Waals surface area contributed by atoms with E-state index in [1.165, 1.54) is 24.5 Å². The Labute approximate surface area is 212 Å². The lowest BCUT2D eigenvalue weighted by Gasteiger charge is -2.14. The monoisotopic (exact) mass is 489 g/mol. The lowest BCUT2D eigenvalue weighted by molar-refractivity contribution is 0.331. The number of fused-ring (bicyclic) bond motifs is 2. The molecule has 1 aromatic carbocycles. The summed E-state index contributed by atoms with van der Waals surface area (Å²) in [6.45, 7) is 3.21. The molecule has 0 aliphatic carbocycles. The predicted octanol–water partition coefficient (Wildman–Crippen LogP) is 5.97. The SMILES string of the molecule is Fc1ccccc1-c1ccnc2[nH]c(-c3[nH]nc4ncc(-c5cncc(CN6CCCC6)c5)cc34)cc12. The first-order valence-corrected chi connectivity index (χ1v) is 12.5. The molecule has 8 heteroatoms. The van der Waals surface area contributed by atoms with Crippen LogP contribution in [0.25, 0.3) is 55.7 Å². The number of aromatic nitrogens is 6. The summed E-state index contributed by atoms with van der Waals surface area (Å²) in [4.78, 5) is 19.4. The number of benzene rings is 1.